The van der Waals surface area contributed by atoms with Gasteiger partial charge in [0.25, 0.3) is 0 Å². The highest BCUT2D eigenvalue weighted by molar-refractivity contribution is 4.88. The van der Waals surface area contributed by atoms with Crippen molar-refractivity contribution in [3.63, 3.8) is 0 Å². The summed E-state index contributed by atoms with van der Waals surface area (Å²) in [5, 5.41) is 0. The van der Waals surface area contributed by atoms with Gasteiger partial charge in [-0.15, -0.1) is 0 Å². The van der Waals surface area contributed by atoms with E-state index < -0.39 is 0 Å². The van der Waals surface area contributed by atoms with E-state index in [-0.39, 0.29) is 5.54 Å². The SMILES string of the molecule is CCCCCCCCCCCCC(CC)C(N)(CC)CC. The van der Waals surface area contributed by atoms with Crippen molar-refractivity contribution in [3.05, 3.63) is 0 Å². The van der Waals surface area contributed by atoms with E-state index in [1.165, 1.54) is 77.0 Å². The van der Waals surface area contributed by atoms with Gasteiger partial charge in [-0.05, 0) is 25.2 Å². The maximum Gasteiger partial charge on any atom is 0.0177 e. The second kappa shape index (κ2) is 13.6. The molecule has 0 aromatic carbocycles. The van der Waals surface area contributed by atoms with Crippen LogP contribution in [-0.4, -0.2) is 5.54 Å². The first kappa shape index (κ1) is 21.0. The lowest BCUT2D eigenvalue weighted by Gasteiger charge is -2.36. The van der Waals surface area contributed by atoms with Gasteiger partial charge in [0.1, 0.15) is 0 Å². The topological polar surface area (TPSA) is 26.0 Å². The summed E-state index contributed by atoms with van der Waals surface area (Å²) in [7, 11) is 0. The molecule has 1 atom stereocenters. The van der Waals surface area contributed by atoms with Crippen LogP contribution < -0.4 is 5.73 Å². The van der Waals surface area contributed by atoms with Crippen LogP contribution in [0.5, 0.6) is 0 Å². The number of hydrogen-bond acceptors (Lipinski definition) is 1. The maximum absolute atomic E-state index is 6.57. The molecule has 1 unspecified atom stereocenters. The molecule has 0 fully saturated rings. The summed E-state index contributed by atoms with van der Waals surface area (Å²) in [6.07, 6.45) is 19.1. The fraction of sp³-hybridized carbons (Fsp3) is 1.00. The summed E-state index contributed by atoms with van der Waals surface area (Å²) in [4.78, 5) is 0. The van der Waals surface area contributed by atoms with Gasteiger partial charge in [0.15, 0.2) is 0 Å². The molecule has 21 heavy (non-hydrogen) atoms. The first-order valence-corrected chi connectivity index (χ1v) is 9.93. The van der Waals surface area contributed by atoms with Crippen molar-refractivity contribution >= 4 is 0 Å². The van der Waals surface area contributed by atoms with Gasteiger partial charge in [-0.2, -0.15) is 0 Å². The molecule has 0 aromatic heterocycles. The van der Waals surface area contributed by atoms with Gasteiger partial charge in [-0.25, -0.2) is 0 Å². The van der Waals surface area contributed by atoms with E-state index in [9.17, 15) is 0 Å². The minimum Gasteiger partial charge on any atom is -0.325 e. The second-order valence-electron chi connectivity index (χ2n) is 7.02. The molecule has 0 saturated carbocycles. The van der Waals surface area contributed by atoms with Crippen molar-refractivity contribution in [1.29, 1.82) is 0 Å². The van der Waals surface area contributed by atoms with Crippen LogP contribution in [0.15, 0.2) is 0 Å². The number of unbranched alkanes of at least 4 members (excludes halogenated alkanes) is 9. The minimum absolute atomic E-state index is 0.0913. The predicted octanol–water partition coefficient (Wildman–Crippen LogP) is 6.84. The fourth-order valence-corrected chi connectivity index (χ4v) is 3.60. The highest BCUT2D eigenvalue weighted by Crippen LogP contribution is 2.30. The van der Waals surface area contributed by atoms with Crippen LogP contribution in [0.2, 0.25) is 0 Å². The third-order valence-electron chi connectivity index (χ3n) is 5.53. The predicted molar refractivity (Wildman–Crippen MR) is 97.7 cm³/mol. The van der Waals surface area contributed by atoms with Gasteiger partial charge in [-0.3, -0.25) is 0 Å². The highest BCUT2D eigenvalue weighted by Gasteiger charge is 2.29. The molecule has 0 saturated heterocycles. The fourth-order valence-electron chi connectivity index (χ4n) is 3.60. The molecule has 2 N–H and O–H groups in total. The number of nitrogens with two attached hydrogens (primary N) is 1. The van der Waals surface area contributed by atoms with Gasteiger partial charge < -0.3 is 5.73 Å². The van der Waals surface area contributed by atoms with Gasteiger partial charge in [0, 0.05) is 5.54 Å². The summed E-state index contributed by atoms with van der Waals surface area (Å²) < 4.78 is 0. The van der Waals surface area contributed by atoms with Crippen LogP contribution in [-0.2, 0) is 0 Å². The Morgan fingerprint density at radius 3 is 1.48 bits per heavy atom. The minimum atomic E-state index is 0.0913. The molecular weight excluding hydrogens is 254 g/mol. The number of rotatable bonds is 15. The van der Waals surface area contributed by atoms with Crippen LogP contribution in [0.3, 0.4) is 0 Å². The monoisotopic (exact) mass is 297 g/mol. The van der Waals surface area contributed by atoms with E-state index >= 15 is 0 Å². The summed E-state index contributed by atoms with van der Waals surface area (Å²) >= 11 is 0. The van der Waals surface area contributed by atoms with E-state index in [1.807, 2.05) is 0 Å². The van der Waals surface area contributed by atoms with Crippen LogP contribution in [0.25, 0.3) is 0 Å². The molecule has 0 aliphatic heterocycles. The average molecular weight is 298 g/mol. The van der Waals surface area contributed by atoms with Gasteiger partial charge >= 0.3 is 0 Å². The Kier molecular flexibility index (Phi) is 13.6. The lowest BCUT2D eigenvalue weighted by atomic mass is 9.76. The lowest BCUT2D eigenvalue weighted by Crippen LogP contribution is -2.45. The largest absolute Gasteiger partial charge is 0.325 e. The number of hydrogen-bond donors (Lipinski definition) is 1. The Bertz CT molecular complexity index is 208. The first-order chi connectivity index (χ1) is 10.1. The Labute approximate surface area is 135 Å². The Morgan fingerprint density at radius 1 is 0.667 bits per heavy atom. The van der Waals surface area contributed by atoms with E-state index in [2.05, 4.69) is 27.7 Å². The molecule has 0 aliphatic carbocycles. The van der Waals surface area contributed by atoms with Gasteiger partial charge in [0.05, 0.1) is 0 Å². The van der Waals surface area contributed by atoms with Crippen molar-refractivity contribution in [2.75, 3.05) is 0 Å². The van der Waals surface area contributed by atoms with Crippen LogP contribution in [0.1, 0.15) is 118 Å². The van der Waals surface area contributed by atoms with Crippen molar-refractivity contribution in [2.45, 2.75) is 123 Å². The van der Waals surface area contributed by atoms with Crippen molar-refractivity contribution in [2.24, 2.45) is 11.7 Å². The molecule has 0 spiro atoms. The third kappa shape index (κ3) is 9.55. The smallest absolute Gasteiger partial charge is 0.0177 e. The summed E-state index contributed by atoms with van der Waals surface area (Å²) in [5.74, 6) is 0.724. The molecule has 0 aliphatic rings. The molecule has 0 aromatic rings. The third-order valence-corrected chi connectivity index (χ3v) is 5.53. The molecule has 0 heterocycles. The van der Waals surface area contributed by atoms with Crippen molar-refractivity contribution < 1.29 is 0 Å². The molecule has 0 radical (unpaired) electrons. The Morgan fingerprint density at radius 2 is 1.10 bits per heavy atom. The molecule has 0 rings (SSSR count). The first-order valence-electron chi connectivity index (χ1n) is 9.93. The van der Waals surface area contributed by atoms with E-state index in [4.69, 9.17) is 5.73 Å². The normalized spacial score (nSPS) is 13.6. The van der Waals surface area contributed by atoms with E-state index in [1.54, 1.807) is 0 Å². The summed E-state index contributed by atoms with van der Waals surface area (Å²) in [5.41, 5.74) is 6.66. The van der Waals surface area contributed by atoms with Crippen LogP contribution in [0, 0.1) is 5.92 Å². The Hall–Kier alpha value is -0.0400. The summed E-state index contributed by atoms with van der Waals surface area (Å²) in [6, 6.07) is 0. The summed E-state index contributed by atoms with van der Waals surface area (Å²) in [6.45, 7) is 9.11. The van der Waals surface area contributed by atoms with Crippen molar-refractivity contribution in [3.8, 4) is 0 Å². The van der Waals surface area contributed by atoms with Crippen LogP contribution in [0.4, 0.5) is 0 Å². The van der Waals surface area contributed by atoms with Gasteiger partial charge in [0.2, 0.25) is 0 Å². The molecular formula is C20H43N. The average Bonchev–Trinajstić information content (AvgIpc) is 2.52. The zero-order chi connectivity index (χ0) is 16.0. The molecule has 1 nitrogen and oxygen atoms in total. The second-order valence-corrected chi connectivity index (χ2v) is 7.02. The Balaban J connectivity index is 3.56. The standard InChI is InChI=1S/C20H43N/c1-5-9-10-11-12-13-14-15-16-17-18-19(6-2)20(21,7-3)8-4/h19H,5-18,21H2,1-4H3. The highest BCUT2D eigenvalue weighted by atomic mass is 14.7. The maximum atomic E-state index is 6.57. The molecule has 1 heteroatoms. The van der Waals surface area contributed by atoms with E-state index in [0.29, 0.717) is 0 Å². The molecule has 0 amide bonds. The van der Waals surface area contributed by atoms with E-state index in [0.717, 1.165) is 18.8 Å². The zero-order valence-electron chi connectivity index (χ0n) is 15.6. The van der Waals surface area contributed by atoms with Crippen molar-refractivity contribution in [1.82, 2.24) is 0 Å². The molecule has 0 bridgehead atoms. The molecule has 128 valence electrons. The lowest BCUT2D eigenvalue weighted by molar-refractivity contribution is 0.225. The quantitative estimate of drug-likeness (QED) is 0.329. The van der Waals surface area contributed by atoms with Gasteiger partial charge in [-0.1, -0.05) is 98.3 Å². The zero-order valence-corrected chi connectivity index (χ0v) is 15.6. The van der Waals surface area contributed by atoms with Crippen LogP contribution >= 0.6 is 0 Å².